The Morgan fingerprint density at radius 2 is 1.89 bits per heavy atom. The molecule has 0 saturated carbocycles. The topological polar surface area (TPSA) is 40.5 Å². The van der Waals surface area contributed by atoms with Crippen molar-refractivity contribution in [1.82, 2.24) is 4.90 Å². The third kappa shape index (κ3) is 6.28. The molecular formula is C13H20ClNO2S. The maximum Gasteiger partial charge on any atom is 0.317 e. The summed E-state index contributed by atoms with van der Waals surface area (Å²) in [5.74, 6) is -0.738. The van der Waals surface area contributed by atoms with Crippen molar-refractivity contribution >= 4 is 30.1 Å². The number of aryl methyl sites for hydroxylation is 1. The molecule has 3 nitrogen and oxygen atoms in total. The third-order valence-corrected chi connectivity index (χ3v) is 3.68. The Morgan fingerprint density at radius 3 is 2.33 bits per heavy atom. The zero-order valence-electron chi connectivity index (χ0n) is 10.9. The Morgan fingerprint density at radius 1 is 1.33 bits per heavy atom. The molecule has 1 N–H and O–H groups in total. The highest BCUT2D eigenvalue weighted by Gasteiger charge is 2.18. The summed E-state index contributed by atoms with van der Waals surface area (Å²) in [6.07, 6.45) is 0.654. The molecule has 5 heteroatoms. The molecule has 0 radical (unpaired) electrons. The molecule has 1 aromatic rings. The third-order valence-electron chi connectivity index (χ3n) is 2.41. The number of carbonyl (C=O) groups is 1. The number of nitrogens with zero attached hydrogens (tertiary/aromatic N) is 1. The minimum absolute atomic E-state index is 0. The molecule has 0 aromatic heterocycles. The SMILES string of the molecule is Cc1ccc(SC(CCN(C)C)C(=O)O)cc1.Cl. The number of carboxylic acids is 1. The summed E-state index contributed by atoms with van der Waals surface area (Å²) >= 11 is 1.42. The van der Waals surface area contributed by atoms with Gasteiger partial charge < -0.3 is 10.0 Å². The van der Waals surface area contributed by atoms with Crippen LogP contribution in [0, 0.1) is 6.92 Å². The van der Waals surface area contributed by atoms with Crippen molar-refractivity contribution in [3.05, 3.63) is 29.8 Å². The molecule has 0 heterocycles. The van der Waals surface area contributed by atoms with Crippen LogP contribution in [0.25, 0.3) is 0 Å². The summed E-state index contributed by atoms with van der Waals surface area (Å²) < 4.78 is 0. The van der Waals surface area contributed by atoms with Crippen molar-refractivity contribution in [3.8, 4) is 0 Å². The van der Waals surface area contributed by atoms with Crippen LogP contribution in [0.2, 0.25) is 0 Å². The van der Waals surface area contributed by atoms with Gasteiger partial charge in [0.1, 0.15) is 5.25 Å². The van der Waals surface area contributed by atoms with Crippen LogP contribution in [0.15, 0.2) is 29.2 Å². The molecule has 0 fully saturated rings. The van der Waals surface area contributed by atoms with Gasteiger partial charge in [-0.3, -0.25) is 4.79 Å². The summed E-state index contributed by atoms with van der Waals surface area (Å²) in [7, 11) is 3.91. The zero-order valence-corrected chi connectivity index (χ0v) is 12.6. The van der Waals surface area contributed by atoms with Crippen molar-refractivity contribution in [1.29, 1.82) is 0 Å². The molecule has 102 valence electrons. The Bertz CT molecular complexity index is 368. The van der Waals surface area contributed by atoms with Crippen LogP contribution in [0.1, 0.15) is 12.0 Å². The number of halogens is 1. The van der Waals surface area contributed by atoms with E-state index in [0.29, 0.717) is 6.42 Å². The lowest BCUT2D eigenvalue weighted by molar-refractivity contribution is -0.136. The van der Waals surface area contributed by atoms with Gasteiger partial charge in [-0.1, -0.05) is 17.7 Å². The van der Waals surface area contributed by atoms with Gasteiger partial charge >= 0.3 is 5.97 Å². The summed E-state index contributed by atoms with van der Waals surface area (Å²) in [6, 6.07) is 7.97. The van der Waals surface area contributed by atoms with Crippen molar-refractivity contribution in [2.75, 3.05) is 20.6 Å². The average Bonchev–Trinajstić information content (AvgIpc) is 2.26. The first kappa shape index (κ1) is 17.3. The normalized spacial score (nSPS) is 12.0. The van der Waals surface area contributed by atoms with Crippen molar-refractivity contribution in [3.63, 3.8) is 0 Å². The van der Waals surface area contributed by atoms with Crippen molar-refractivity contribution < 1.29 is 9.90 Å². The molecule has 0 saturated heterocycles. The molecule has 0 aliphatic carbocycles. The average molecular weight is 290 g/mol. The van der Waals surface area contributed by atoms with E-state index in [2.05, 4.69) is 0 Å². The van der Waals surface area contributed by atoms with Crippen molar-refractivity contribution in [2.24, 2.45) is 0 Å². The van der Waals surface area contributed by atoms with E-state index in [9.17, 15) is 4.79 Å². The molecule has 0 bridgehead atoms. The number of aliphatic carboxylic acids is 1. The fourth-order valence-corrected chi connectivity index (χ4v) is 2.34. The first-order valence-electron chi connectivity index (χ1n) is 5.60. The maximum absolute atomic E-state index is 11.1. The van der Waals surface area contributed by atoms with Crippen LogP contribution >= 0.6 is 24.2 Å². The van der Waals surface area contributed by atoms with E-state index in [1.165, 1.54) is 17.3 Å². The summed E-state index contributed by atoms with van der Waals surface area (Å²) in [6.45, 7) is 2.81. The fourth-order valence-electron chi connectivity index (χ4n) is 1.39. The second kappa shape index (κ2) is 8.40. The highest BCUT2D eigenvalue weighted by Crippen LogP contribution is 2.26. The van der Waals surface area contributed by atoms with Gasteiger partial charge in [0.2, 0.25) is 0 Å². The van der Waals surface area contributed by atoms with Crippen molar-refractivity contribution in [2.45, 2.75) is 23.5 Å². The van der Waals surface area contributed by atoms with E-state index < -0.39 is 5.97 Å². The smallest absolute Gasteiger partial charge is 0.317 e. The first-order valence-corrected chi connectivity index (χ1v) is 6.48. The molecule has 1 atom stereocenters. The monoisotopic (exact) mass is 289 g/mol. The maximum atomic E-state index is 11.1. The molecular weight excluding hydrogens is 270 g/mol. The molecule has 0 aliphatic rings. The summed E-state index contributed by atoms with van der Waals surface area (Å²) in [5.41, 5.74) is 1.19. The number of hydrogen-bond acceptors (Lipinski definition) is 3. The van der Waals surface area contributed by atoms with Gasteiger partial charge in [-0.05, 0) is 46.1 Å². The van der Waals surface area contributed by atoms with Crippen LogP contribution in [0.3, 0.4) is 0 Å². The Balaban J connectivity index is 0.00000289. The Labute approximate surface area is 119 Å². The van der Waals surface area contributed by atoms with Gasteiger partial charge in [-0.25, -0.2) is 0 Å². The number of carboxylic acid groups (broad SMARTS) is 1. The number of rotatable bonds is 6. The lowest BCUT2D eigenvalue weighted by Crippen LogP contribution is -2.23. The zero-order chi connectivity index (χ0) is 12.8. The van der Waals surface area contributed by atoms with Crippen LogP contribution in [-0.4, -0.2) is 41.9 Å². The van der Waals surface area contributed by atoms with Crippen LogP contribution in [-0.2, 0) is 4.79 Å². The minimum Gasteiger partial charge on any atom is -0.480 e. The van der Waals surface area contributed by atoms with Gasteiger partial charge in [0.25, 0.3) is 0 Å². The van der Waals surface area contributed by atoms with E-state index >= 15 is 0 Å². The summed E-state index contributed by atoms with van der Waals surface area (Å²) in [4.78, 5) is 14.2. The van der Waals surface area contributed by atoms with E-state index in [1.54, 1.807) is 0 Å². The number of hydrogen-bond donors (Lipinski definition) is 1. The minimum atomic E-state index is -0.738. The molecule has 1 aromatic carbocycles. The molecule has 1 rings (SSSR count). The number of benzene rings is 1. The highest BCUT2D eigenvalue weighted by atomic mass is 35.5. The second-order valence-corrected chi connectivity index (χ2v) is 5.63. The van der Waals surface area contributed by atoms with Gasteiger partial charge in [0, 0.05) is 4.90 Å². The highest BCUT2D eigenvalue weighted by molar-refractivity contribution is 8.00. The van der Waals surface area contributed by atoms with Gasteiger partial charge in [0.05, 0.1) is 0 Å². The standard InChI is InChI=1S/C13H19NO2S.ClH/c1-10-4-6-11(7-5-10)17-12(13(15)16)8-9-14(2)3;/h4-7,12H,8-9H2,1-3H3,(H,15,16);1H. The largest absolute Gasteiger partial charge is 0.480 e. The quantitative estimate of drug-likeness (QED) is 0.818. The lowest BCUT2D eigenvalue weighted by atomic mass is 10.2. The molecule has 0 aliphatic heterocycles. The van der Waals surface area contributed by atoms with E-state index in [1.807, 2.05) is 50.2 Å². The number of thioether (sulfide) groups is 1. The lowest BCUT2D eigenvalue weighted by Gasteiger charge is -2.15. The Hall–Kier alpha value is -0.710. The molecule has 18 heavy (non-hydrogen) atoms. The Kier molecular flexibility index (Phi) is 8.07. The van der Waals surface area contributed by atoms with Gasteiger partial charge in [-0.2, -0.15) is 0 Å². The van der Waals surface area contributed by atoms with Crippen LogP contribution in [0.5, 0.6) is 0 Å². The molecule has 0 amide bonds. The van der Waals surface area contributed by atoms with Crippen LogP contribution < -0.4 is 0 Å². The first-order chi connectivity index (χ1) is 7.99. The summed E-state index contributed by atoms with van der Waals surface area (Å²) in [5, 5.41) is 8.79. The van der Waals surface area contributed by atoms with E-state index in [4.69, 9.17) is 5.11 Å². The molecule has 0 spiro atoms. The predicted octanol–water partition coefficient (Wildman–Crippen LogP) is 2.91. The van der Waals surface area contributed by atoms with Crippen LogP contribution in [0.4, 0.5) is 0 Å². The predicted molar refractivity (Wildman–Crippen MR) is 78.9 cm³/mol. The fraction of sp³-hybridized carbons (Fsp3) is 0.462. The second-order valence-electron chi connectivity index (χ2n) is 4.35. The van der Waals surface area contributed by atoms with E-state index in [0.717, 1.165) is 11.4 Å². The van der Waals surface area contributed by atoms with E-state index in [-0.39, 0.29) is 17.7 Å². The molecule has 1 unspecified atom stereocenters. The van der Waals surface area contributed by atoms with Gasteiger partial charge in [-0.15, -0.1) is 24.2 Å². The van der Waals surface area contributed by atoms with Gasteiger partial charge in [0.15, 0.2) is 0 Å².